The Morgan fingerprint density at radius 2 is 1.10 bits per heavy atom. The van der Waals surface area contributed by atoms with Crippen LogP contribution in [-0.2, 0) is 38.7 Å². The van der Waals surface area contributed by atoms with Gasteiger partial charge >= 0.3 is 11.9 Å². The minimum Gasteiger partial charge on any atom is -0.462 e. The Morgan fingerprint density at radius 1 is 0.617 bits per heavy atom. The maximum Gasteiger partial charge on any atom is 0.306 e. The van der Waals surface area contributed by atoms with Gasteiger partial charge in [0.1, 0.15) is 36.8 Å². The number of unbranched alkanes of at least 4 members (excludes halogenated alkanes) is 20. The highest BCUT2D eigenvalue weighted by Gasteiger charge is 2.46. The first kappa shape index (κ1) is 55.6. The molecule has 4 N–H and O–H groups in total. The molecule has 6 atom stereocenters. The average molecular weight is 871 g/mol. The van der Waals surface area contributed by atoms with Crippen LogP contribution in [0.25, 0.3) is 0 Å². The molecule has 13 heteroatoms. The van der Waals surface area contributed by atoms with Crippen molar-refractivity contribution in [1.29, 1.82) is 0 Å². The summed E-state index contributed by atoms with van der Waals surface area (Å²) in [5.41, 5.74) is 0. The van der Waals surface area contributed by atoms with Gasteiger partial charge in [-0.3, -0.25) is 14.1 Å². The lowest BCUT2D eigenvalue weighted by Gasteiger charge is -2.40. The zero-order chi connectivity index (χ0) is 44.1. The summed E-state index contributed by atoms with van der Waals surface area (Å²) in [6, 6.07) is 0. The number of allylic oxidation sites excluding steroid dienone is 7. The molecule has 2 unspecified atom stereocenters. The third kappa shape index (κ3) is 31.5. The molecule has 0 radical (unpaired) electrons. The van der Waals surface area contributed by atoms with Crippen LogP contribution >= 0.6 is 0 Å². The van der Waals surface area contributed by atoms with Crippen molar-refractivity contribution < 1.29 is 56.8 Å². The molecule has 1 saturated heterocycles. The van der Waals surface area contributed by atoms with E-state index in [0.717, 1.165) is 44.9 Å². The molecule has 1 fully saturated rings. The smallest absolute Gasteiger partial charge is 0.306 e. The lowest BCUT2D eigenvalue weighted by Crippen LogP contribution is -2.60. The SMILES string of the molecule is C=CCCCCCCCCCCCCCCCC(=O)OC[C@H](CO[C@H]1O[C@H](CS(=O)(=O)O)[C@@H](O)C(O)C1O)OC(=O)CCC/C=C/C/C=C/C/C=C/CCCCCCCC. The Kier molecular flexibility index (Phi) is 34.5. The molecule has 0 saturated carbocycles. The fraction of sp³-hybridized carbons (Fsp3) is 0.787. The van der Waals surface area contributed by atoms with Gasteiger partial charge in [0.2, 0.25) is 0 Å². The summed E-state index contributed by atoms with van der Waals surface area (Å²) in [7, 11) is -4.61. The average Bonchev–Trinajstić information content (AvgIpc) is 3.21. The summed E-state index contributed by atoms with van der Waals surface area (Å²) in [6.07, 6.45) is 33.4. The Morgan fingerprint density at radius 3 is 1.65 bits per heavy atom. The van der Waals surface area contributed by atoms with Crippen molar-refractivity contribution in [2.45, 2.75) is 217 Å². The highest BCUT2D eigenvalue weighted by molar-refractivity contribution is 7.85. The molecule has 0 bridgehead atoms. The maximum absolute atomic E-state index is 12.8. The number of rotatable bonds is 39. The highest BCUT2D eigenvalue weighted by atomic mass is 32.2. The first-order valence-corrected chi connectivity index (χ1v) is 24.8. The fourth-order valence-electron chi connectivity index (χ4n) is 6.91. The monoisotopic (exact) mass is 871 g/mol. The van der Waals surface area contributed by atoms with E-state index in [1.807, 2.05) is 18.2 Å². The van der Waals surface area contributed by atoms with Gasteiger partial charge in [0, 0.05) is 12.8 Å². The van der Waals surface area contributed by atoms with Gasteiger partial charge in [0.15, 0.2) is 12.4 Å². The van der Waals surface area contributed by atoms with Crippen LogP contribution in [0.5, 0.6) is 0 Å². The van der Waals surface area contributed by atoms with E-state index in [-0.39, 0.29) is 19.4 Å². The summed E-state index contributed by atoms with van der Waals surface area (Å²) in [6.45, 7) is 5.24. The normalized spacial score (nSPS) is 20.3. The summed E-state index contributed by atoms with van der Waals surface area (Å²) >= 11 is 0. The van der Waals surface area contributed by atoms with Crippen molar-refractivity contribution in [2.24, 2.45) is 0 Å². The number of carbonyl (C=O) groups is 2. The van der Waals surface area contributed by atoms with Crippen LogP contribution < -0.4 is 0 Å². The highest BCUT2D eigenvalue weighted by Crippen LogP contribution is 2.24. The molecule has 1 heterocycles. The number of aliphatic hydroxyl groups excluding tert-OH is 3. The second-order valence-corrected chi connectivity index (χ2v) is 17.6. The predicted octanol–water partition coefficient (Wildman–Crippen LogP) is 9.56. The van der Waals surface area contributed by atoms with E-state index in [4.69, 9.17) is 18.9 Å². The Labute approximate surface area is 363 Å². The molecule has 1 rings (SSSR count). The largest absolute Gasteiger partial charge is 0.462 e. The number of aliphatic hydroxyl groups is 3. The number of hydrogen-bond acceptors (Lipinski definition) is 11. The van der Waals surface area contributed by atoms with E-state index < -0.39 is 71.2 Å². The number of esters is 2. The molecular weight excluding hydrogens is 789 g/mol. The van der Waals surface area contributed by atoms with Gasteiger partial charge in [-0.05, 0) is 57.8 Å². The van der Waals surface area contributed by atoms with Gasteiger partial charge in [0.05, 0.1) is 6.61 Å². The topological polar surface area (TPSA) is 186 Å². The first-order chi connectivity index (χ1) is 29.0. The molecule has 0 aromatic heterocycles. The van der Waals surface area contributed by atoms with E-state index in [9.17, 15) is 37.9 Å². The summed E-state index contributed by atoms with van der Waals surface area (Å²) in [4.78, 5) is 25.4. The van der Waals surface area contributed by atoms with Crippen molar-refractivity contribution in [3.8, 4) is 0 Å². The minimum atomic E-state index is -4.61. The minimum absolute atomic E-state index is 0.0916. The summed E-state index contributed by atoms with van der Waals surface area (Å²) < 4.78 is 54.0. The number of hydrogen-bond donors (Lipinski definition) is 4. The van der Waals surface area contributed by atoms with Crippen LogP contribution in [0.3, 0.4) is 0 Å². The molecule has 12 nitrogen and oxygen atoms in total. The molecule has 1 aliphatic heterocycles. The molecule has 348 valence electrons. The second kappa shape index (κ2) is 37.2. The van der Waals surface area contributed by atoms with Gasteiger partial charge in [-0.1, -0.05) is 152 Å². The van der Waals surface area contributed by atoms with Crippen LogP contribution in [-0.4, -0.2) is 96.0 Å². The van der Waals surface area contributed by atoms with Gasteiger partial charge in [-0.2, -0.15) is 8.42 Å². The van der Waals surface area contributed by atoms with E-state index in [2.05, 4.69) is 37.8 Å². The van der Waals surface area contributed by atoms with Crippen LogP contribution in [0.1, 0.15) is 180 Å². The van der Waals surface area contributed by atoms with Gasteiger partial charge in [0.25, 0.3) is 10.1 Å². The number of carbonyl (C=O) groups excluding carboxylic acids is 2. The molecule has 0 aromatic carbocycles. The fourth-order valence-corrected chi connectivity index (χ4v) is 7.60. The summed E-state index contributed by atoms with van der Waals surface area (Å²) in [5, 5.41) is 30.9. The Bertz CT molecular complexity index is 1280. The van der Waals surface area contributed by atoms with Crippen molar-refractivity contribution in [1.82, 2.24) is 0 Å². The van der Waals surface area contributed by atoms with E-state index >= 15 is 0 Å². The lowest BCUT2D eigenvalue weighted by molar-refractivity contribution is -0.297. The lowest BCUT2D eigenvalue weighted by atomic mass is 10.00. The Balaban J connectivity index is 2.47. The van der Waals surface area contributed by atoms with Crippen molar-refractivity contribution >= 4 is 22.1 Å². The predicted molar refractivity (Wildman–Crippen MR) is 238 cm³/mol. The van der Waals surface area contributed by atoms with Crippen molar-refractivity contribution in [3.05, 3.63) is 49.1 Å². The molecule has 0 amide bonds. The zero-order valence-electron chi connectivity index (χ0n) is 36.9. The molecular formula is C47H82O12S. The molecule has 0 spiro atoms. The molecule has 60 heavy (non-hydrogen) atoms. The van der Waals surface area contributed by atoms with E-state index in [1.54, 1.807) is 0 Å². The van der Waals surface area contributed by atoms with Gasteiger partial charge in [-0.15, -0.1) is 6.58 Å². The third-order valence-corrected chi connectivity index (χ3v) is 11.3. The molecule has 0 aromatic rings. The van der Waals surface area contributed by atoms with Gasteiger partial charge < -0.3 is 34.3 Å². The third-order valence-electron chi connectivity index (χ3n) is 10.5. The zero-order valence-corrected chi connectivity index (χ0v) is 37.7. The van der Waals surface area contributed by atoms with Gasteiger partial charge in [-0.25, -0.2) is 0 Å². The van der Waals surface area contributed by atoms with Crippen LogP contribution in [0.15, 0.2) is 49.1 Å². The van der Waals surface area contributed by atoms with Crippen molar-refractivity contribution in [2.75, 3.05) is 19.0 Å². The molecule has 1 aliphatic rings. The second-order valence-electron chi connectivity index (χ2n) is 16.1. The maximum atomic E-state index is 12.8. The van der Waals surface area contributed by atoms with E-state index in [0.29, 0.717) is 19.3 Å². The van der Waals surface area contributed by atoms with E-state index in [1.165, 1.54) is 96.3 Å². The van der Waals surface area contributed by atoms with Crippen LogP contribution in [0, 0.1) is 0 Å². The molecule has 0 aliphatic carbocycles. The quantitative estimate of drug-likeness (QED) is 0.0199. The van der Waals surface area contributed by atoms with Crippen molar-refractivity contribution in [3.63, 3.8) is 0 Å². The summed E-state index contributed by atoms with van der Waals surface area (Å²) in [5.74, 6) is -2.05. The first-order valence-electron chi connectivity index (χ1n) is 23.2. The number of ether oxygens (including phenoxy) is 4. The standard InChI is InChI=1S/C47H82O12S/c1-3-5-7-9-11-13-15-17-19-20-22-24-26-28-30-32-34-36-43(49)58-40(38-57-47-46(52)45(51)44(50)41(59-47)39-60(53,54)55)37-56-42(48)35-33-31-29-27-25-23-21-18-16-14-12-10-8-6-4-2/h4,17,19,22,24,28,30,40-41,44-47,50-52H,2-3,5-16,18,20-21,23,25-27,29,31-39H2,1H3,(H,53,54,55)/b19-17+,24-22+,30-28+/t40-,41-,44-,45?,46?,47+/m1/s1. The van der Waals surface area contributed by atoms with Crippen LogP contribution in [0.4, 0.5) is 0 Å². The van der Waals surface area contributed by atoms with Crippen LogP contribution in [0.2, 0.25) is 0 Å². The Hall–Kier alpha value is -2.39.